The third kappa shape index (κ3) is 2.23. The Labute approximate surface area is 88.9 Å². The van der Waals surface area contributed by atoms with Crippen molar-refractivity contribution in [3.63, 3.8) is 0 Å². The van der Waals surface area contributed by atoms with Crippen molar-refractivity contribution in [2.45, 2.75) is 19.9 Å². The first-order valence-corrected chi connectivity index (χ1v) is 4.83. The van der Waals surface area contributed by atoms with Gasteiger partial charge in [0.25, 0.3) is 0 Å². The fourth-order valence-electron chi connectivity index (χ4n) is 1.15. The van der Waals surface area contributed by atoms with Gasteiger partial charge in [-0.25, -0.2) is 4.98 Å². The van der Waals surface area contributed by atoms with Crippen LogP contribution in [0.1, 0.15) is 25.5 Å². The molecule has 0 aromatic carbocycles. The predicted octanol–water partition coefficient (Wildman–Crippen LogP) is 1.75. The second-order valence-electron chi connectivity index (χ2n) is 4.01. The number of aliphatic hydroxyl groups excluding tert-OH is 1. The standard InChI is InChI=1S/C10H15ClN2O/c1-10(2,6-14)8(12)7-4-3-5-13-9(7)11/h3-5,8,14H,6,12H2,1-2H3/t8-/m0/s1. The molecule has 1 aromatic heterocycles. The van der Waals surface area contributed by atoms with Crippen LogP contribution < -0.4 is 5.73 Å². The van der Waals surface area contributed by atoms with Gasteiger partial charge in [0.2, 0.25) is 0 Å². The van der Waals surface area contributed by atoms with Crippen molar-refractivity contribution in [3.05, 3.63) is 29.0 Å². The van der Waals surface area contributed by atoms with Crippen LogP contribution in [0.3, 0.4) is 0 Å². The molecule has 0 bridgehead atoms. The quantitative estimate of drug-likeness (QED) is 0.754. The Kier molecular flexibility index (Phi) is 3.48. The van der Waals surface area contributed by atoms with Crippen molar-refractivity contribution < 1.29 is 5.11 Å². The summed E-state index contributed by atoms with van der Waals surface area (Å²) in [5.74, 6) is 0. The first-order valence-electron chi connectivity index (χ1n) is 4.46. The molecule has 0 unspecified atom stereocenters. The second kappa shape index (κ2) is 4.26. The summed E-state index contributed by atoms with van der Waals surface area (Å²) in [6.07, 6.45) is 1.62. The van der Waals surface area contributed by atoms with Gasteiger partial charge in [-0.15, -0.1) is 0 Å². The first-order chi connectivity index (χ1) is 6.49. The summed E-state index contributed by atoms with van der Waals surface area (Å²) in [4.78, 5) is 3.95. The molecule has 0 radical (unpaired) electrons. The number of halogens is 1. The van der Waals surface area contributed by atoms with E-state index in [2.05, 4.69) is 4.98 Å². The third-order valence-electron chi connectivity index (χ3n) is 2.37. The van der Waals surface area contributed by atoms with Gasteiger partial charge in [-0.3, -0.25) is 0 Å². The van der Waals surface area contributed by atoms with Crippen LogP contribution in [0.5, 0.6) is 0 Å². The molecule has 0 amide bonds. The third-order valence-corrected chi connectivity index (χ3v) is 2.69. The Morgan fingerprint density at radius 3 is 2.79 bits per heavy atom. The molecule has 3 nitrogen and oxygen atoms in total. The van der Waals surface area contributed by atoms with E-state index in [1.165, 1.54) is 0 Å². The molecule has 0 saturated carbocycles. The van der Waals surface area contributed by atoms with E-state index < -0.39 is 5.41 Å². The number of nitrogens with zero attached hydrogens (tertiary/aromatic N) is 1. The van der Waals surface area contributed by atoms with Gasteiger partial charge in [0.1, 0.15) is 5.15 Å². The lowest BCUT2D eigenvalue weighted by atomic mass is 9.82. The van der Waals surface area contributed by atoms with Gasteiger partial charge in [0, 0.05) is 29.8 Å². The van der Waals surface area contributed by atoms with Crippen LogP contribution in [-0.4, -0.2) is 16.7 Å². The van der Waals surface area contributed by atoms with Crippen LogP contribution in [0.15, 0.2) is 18.3 Å². The van der Waals surface area contributed by atoms with Gasteiger partial charge in [-0.05, 0) is 6.07 Å². The summed E-state index contributed by atoms with van der Waals surface area (Å²) in [5, 5.41) is 9.58. The predicted molar refractivity (Wildman–Crippen MR) is 57.0 cm³/mol. The molecule has 1 atom stereocenters. The zero-order valence-corrected chi connectivity index (χ0v) is 9.12. The molecule has 0 saturated heterocycles. The summed E-state index contributed by atoms with van der Waals surface area (Å²) in [6.45, 7) is 3.79. The zero-order chi connectivity index (χ0) is 10.8. The molecule has 0 spiro atoms. The fourth-order valence-corrected chi connectivity index (χ4v) is 1.39. The summed E-state index contributed by atoms with van der Waals surface area (Å²) in [5.41, 5.74) is 6.38. The van der Waals surface area contributed by atoms with Crippen LogP contribution in [-0.2, 0) is 0 Å². The van der Waals surface area contributed by atoms with Crippen molar-refractivity contribution in [3.8, 4) is 0 Å². The minimum atomic E-state index is -0.396. The molecule has 0 fully saturated rings. The van der Waals surface area contributed by atoms with E-state index in [4.69, 9.17) is 17.3 Å². The van der Waals surface area contributed by atoms with Crippen LogP contribution in [0.25, 0.3) is 0 Å². The smallest absolute Gasteiger partial charge is 0.133 e. The van der Waals surface area contributed by atoms with Crippen LogP contribution in [0.2, 0.25) is 5.15 Å². The van der Waals surface area contributed by atoms with E-state index in [9.17, 15) is 5.11 Å². The Morgan fingerprint density at radius 2 is 2.29 bits per heavy atom. The Balaban J connectivity index is 3.00. The lowest BCUT2D eigenvalue weighted by Gasteiger charge is -2.29. The molecule has 1 heterocycles. The Hall–Kier alpha value is -0.640. The number of aromatic nitrogens is 1. The molecule has 0 aliphatic heterocycles. The van der Waals surface area contributed by atoms with Gasteiger partial charge in [-0.2, -0.15) is 0 Å². The lowest BCUT2D eigenvalue weighted by Crippen LogP contribution is -2.32. The maximum absolute atomic E-state index is 9.17. The minimum absolute atomic E-state index is 0.0133. The normalized spacial score (nSPS) is 14.1. The van der Waals surface area contributed by atoms with Crippen molar-refractivity contribution >= 4 is 11.6 Å². The highest BCUT2D eigenvalue weighted by Crippen LogP contribution is 2.33. The van der Waals surface area contributed by atoms with Gasteiger partial charge in [0.05, 0.1) is 0 Å². The van der Waals surface area contributed by atoms with Crippen LogP contribution in [0.4, 0.5) is 0 Å². The van der Waals surface area contributed by atoms with Crippen molar-refractivity contribution in [1.82, 2.24) is 4.98 Å². The van der Waals surface area contributed by atoms with E-state index in [-0.39, 0.29) is 12.6 Å². The molecular weight excluding hydrogens is 200 g/mol. The molecular formula is C10H15ClN2O. The number of pyridine rings is 1. The van der Waals surface area contributed by atoms with Crippen molar-refractivity contribution in [1.29, 1.82) is 0 Å². The van der Waals surface area contributed by atoms with E-state index >= 15 is 0 Å². The Morgan fingerprint density at radius 1 is 1.64 bits per heavy atom. The first kappa shape index (κ1) is 11.4. The second-order valence-corrected chi connectivity index (χ2v) is 4.37. The molecule has 78 valence electrons. The molecule has 1 rings (SSSR count). The Bertz CT molecular complexity index is 315. The van der Waals surface area contributed by atoms with Crippen LogP contribution >= 0.6 is 11.6 Å². The van der Waals surface area contributed by atoms with E-state index in [1.54, 1.807) is 12.3 Å². The lowest BCUT2D eigenvalue weighted by molar-refractivity contribution is 0.132. The molecule has 1 aromatic rings. The highest BCUT2D eigenvalue weighted by Gasteiger charge is 2.28. The van der Waals surface area contributed by atoms with Gasteiger partial charge >= 0.3 is 0 Å². The largest absolute Gasteiger partial charge is 0.396 e. The number of hydrogen-bond donors (Lipinski definition) is 2. The van der Waals surface area contributed by atoms with Gasteiger partial charge < -0.3 is 10.8 Å². The van der Waals surface area contributed by atoms with Crippen molar-refractivity contribution in [2.24, 2.45) is 11.1 Å². The number of nitrogens with two attached hydrogens (primary N) is 1. The zero-order valence-electron chi connectivity index (χ0n) is 8.37. The maximum Gasteiger partial charge on any atom is 0.133 e. The van der Waals surface area contributed by atoms with E-state index in [0.717, 1.165) is 5.56 Å². The molecule has 0 aliphatic rings. The van der Waals surface area contributed by atoms with Gasteiger partial charge in [0.15, 0.2) is 0 Å². The summed E-state index contributed by atoms with van der Waals surface area (Å²) in [7, 11) is 0. The van der Waals surface area contributed by atoms with E-state index in [0.29, 0.717) is 5.15 Å². The SMILES string of the molecule is CC(C)(CO)[C@@H](N)c1cccnc1Cl. The van der Waals surface area contributed by atoms with Gasteiger partial charge in [-0.1, -0.05) is 31.5 Å². The molecule has 14 heavy (non-hydrogen) atoms. The topological polar surface area (TPSA) is 59.1 Å². The highest BCUT2D eigenvalue weighted by molar-refractivity contribution is 6.30. The summed E-state index contributed by atoms with van der Waals surface area (Å²) < 4.78 is 0. The average Bonchev–Trinajstić information content (AvgIpc) is 2.17. The summed E-state index contributed by atoms with van der Waals surface area (Å²) in [6, 6.07) is 3.31. The molecule has 0 aliphatic carbocycles. The highest BCUT2D eigenvalue weighted by atomic mass is 35.5. The van der Waals surface area contributed by atoms with Crippen molar-refractivity contribution in [2.75, 3.05) is 6.61 Å². The van der Waals surface area contributed by atoms with Crippen LogP contribution in [0, 0.1) is 5.41 Å². The maximum atomic E-state index is 9.17. The average molecular weight is 215 g/mol. The summed E-state index contributed by atoms with van der Waals surface area (Å²) >= 11 is 5.91. The minimum Gasteiger partial charge on any atom is -0.396 e. The monoisotopic (exact) mass is 214 g/mol. The number of rotatable bonds is 3. The van der Waals surface area contributed by atoms with E-state index in [1.807, 2.05) is 19.9 Å². The fraction of sp³-hybridized carbons (Fsp3) is 0.500. The molecule has 3 N–H and O–H groups in total. The molecule has 4 heteroatoms. The number of aliphatic hydroxyl groups is 1. The number of hydrogen-bond acceptors (Lipinski definition) is 3.